The average Bonchev–Trinajstić information content (AvgIpc) is 2.99. The van der Waals surface area contributed by atoms with Crippen LogP contribution in [0.5, 0.6) is 5.75 Å². The number of nitriles is 1. The molecule has 1 aliphatic heterocycles. The summed E-state index contributed by atoms with van der Waals surface area (Å²) in [6.45, 7) is 0.716. The van der Waals surface area contributed by atoms with E-state index in [1.807, 2.05) is 6.19 Å². The number of aromatic nitrogens is 2. The Balaban J connectivity index is 2.00. The van der Waals surface area contributed by atoms with E-state index in [4.69, 9.17) is 16.9 Å². The van der Waals surface area contributed by atoms with E-state index in [2.05, 4.69) is 14.9 Å². The van der Waals surface area contributed by atoms with Crippen LogP contribution in [0.4, 0.5) is 13.2 Å². The monoisotopic (exact) mass is 328 g/mol. The third kappa shape index (κ3) is 2.67. The molecular weight excluding hydrogens is 321 g/mol. The number of hydrogen-bond donors (Lipinski definition) is 1. The van der Waals surface area contributed by atoms with Gasteiger partial charge in [0.1, 0.15) is 5.75 Å². The summed E-state index contributed by atoms with van der Waals surface area (Å²) in [5.74, 6) is -0.376. The lowest BCUT2D eigenvalue weighted by Crippen LogP contribution is -2.17. The van der Waals surface area contributed by atoms with Crippen LogP contribution in [0, 0.1) is 11.5 Å². The zero-order valence-electron chi connectivity index (χ0n) is 10.9. The Morgan fingerprint density at radius 1 is 1.36 bits per heavy atom. The van der Waals surface area contributed by atoms with Crippen LogP contribution in [0.1, 0.15) is 11.3 Å². The van der Waals surface area contributed by atoms with Crippen LogP contribution in [0.25, 0.3) is 11.3 Å². The molecule has 9 heteroatoms. The van der Waals surface area contributed by atoms with Gasteiger partial charge in [-0.1, -0.05) is 11.6 Å². The predicted molar refractivity (Wildman–Crippen MR) is 70.6 cm³/mol. The van der Waals surface area contributed by atoms with Gasteiger partial charge in [0.05, 0.1) is 29.5 Å². The third-order valence-corrected chi connectivity index (χ3v) is 3.55. The van der Waals surface area contributed by atoms with Gasteiger partial charge in [-0.25, -0.2) is 0 Å². The van der Waals surface area contributed by atoms with Gasteiger partial charge in [0, 0.05) is 11.1 Å². The second-order valence-electron chi connectivity index (χ2n) is 4.67. The first-order valence-corrected chi connectivity index (χ1v) is 6.51. The summed E-state index contributed by atoms with van der Waals surface area (Å²) in [6.07, 6.45) is -2.77. The Morgan fingerprint density at radius 3 is 2.82 bits per heavy atom. The van der Waals surface area contributed by atoms with Gasteiger partial charge < -0.3 is 9.64 Å². The maximum atomic E-state index is 12.3. The zero-order valence-corrected chi connectivity index (χ0v) is 11.7. The first-order chi connectivity index (χ1) is 10.4. The van der Waals surface area contributed by atoms with Crippen molar-refractivity contribution in [2.75, 3.05) is 0 Å². The third-order valence-electron chi connectivity index (χ3n) is 3.22. The largest absolute Gasteiger partial charge is 0.573 e. The molecule has 3 rings (SSSR count). The van der Waals surface area contributed by atoms with Crippen molar-refractivity contribution in [1.82, 2.24) is 15.1 Å². The molecule has 1 N–H and O–H groups in total. The van der Waals surface area contributed by atoms with E-state index in [1.54, 1.807) is 0 Å². The number of H-pyrrole nitrogens is 1. The summed E-state index contributed by atoms with van der Waals surface area (Å²) in [7, 11) is 0. The molecule has 0 aliphatic carbocycles. The minimum absolute atomic E-state index is 0.249. The highest BCUT2D eigenvalue weighted by Crippen LogP contribution is 2.37. The van der Waals surface area contributed by atoms with E-state index in [0.29, 0.717) is 24.3 Å². The molecule has 1 aliphatic rings. The molecule has 2 aromatic rings. The summed E-state index contributed by atoms with van der Waals surface area (Å²) < 4.78 is 40.8. The second-order valence-corrected chi connectivity index (χ2v) is 5.08. The minimum atomic E-state index is -4.78. The van der Waals surface area contributed by atoms with E-state index in [1.165, 1.54) is 17.0 Å². The SMILES string of the molecule is N#CN1Cc2[nH]nc(-c3cc(OC(F)(F)F)ccc3Cl)c2C1. The molecule has 1 aromatic heterocycles. The molecule has 114 valence electrons. The van der Waals surface area contributed by atoms with Crippen molar-refractivity contribution in [2.24, 2.45) is 0 Å². The number of halogens is 4. The van der Waals surface area contributed by atoms with Crippen LogP contribution in [0.2, 0.25) is 5.02 Å². The van der Waals surface area contributed by atoms with E-state index < -0.39 is 6.36 Å². The van der Waals surface area contributed by atoms with Crippen molar-refractivity contribution in [3.63, 3.8) is 0 Å². The van der Waals surface area contributed by atoms with Crippen molar-refractivity contribution in [1.29, 1.82) is 5.26 Å². The van der Waals surface area contributed by atoms with Gasteiger partial charge in [-0.15, -0.1) is 13.2 Å². The number of fused-ring (bicyclic) bond motifs is 1. The summed E-state index contributed by atoms with van der Waals surface area (Å²) in [5, 5.41) is 16.0. The first kappa shape index (κ1) is 14.5. The van der Waals surface area contributed by atoms with Crippen molar-refractivity contribution < 1.29 is 17.9 Å². The average molecular weight is 329 g/mol. The number of benzene rings is 1. The van der Waals surface area contributed by atoms with E-state index in [9.17, 15) is 13.2 Å². The van der Waals surface area contributed by atoms with E-state index in [0.717, 1.165) is 17.3 Å². The van der Waals surface area contributed by atoms with Gasteiger partial charge in [0.25, 0.3) is 0 Å². The summed E-state index contributed by atoms with van der Waals surface area (Å²) in [5.41, 5.74) is 2.23. The number of nitrogens with one attached hydrogen (secondary N) is 1. The lowest BCUT2D eigenvalue weighted by atomic mass is 10.1. The Bertz CT molecular complexity index is 766. The molecule has 5 nitrogen and oxygen atoms in total. The Labute approximate surface area is 127 Å². The van der Waals surface area contributed by atoms with Crippen LogP contribution >= 0.6 is 11.6 Å². The van der Waals surface area contributed by atoms with Crippen molar-refractivity contribution >= 4 is 11.6 Å². The number of rotatable bonds is 2. The molecule has 2 heterocycles. The maximum Gasteiger partial charge on any atom is 0.573 e. The van der Waals surface area contributed by atoms with Gasteiger partial charge >= 0.3 is 6.36 Å². The Morgan fingerprint density at radius 2 is 2.14 bits per heavy atom. The van der Waals surface area contributed by atoms with Crippen LogP contribution in [0.3, 0.4) is 0 Å². The normalized spacial score (nSPS) is 13.9. The molecule has 0 bridgehead atoms. The molecular formula is C13H8ClF3N4O. The fourth-order valence-electron chi connectivity index (χ4n) is 2.32. The Hall–Kier alpha value is -2.40. The van der Waals surface area contributed by atoms with E-state index in [-0.39, 0.29) is 10.8 Å². The fraction of sp³-hybridized carbons (Fsp3) is 0.231. The number of ether oxygens (including phenoxy) is 1. The smallest absolute Gasteiger partial charge is 0.406 e. The summed E-state index contributed by atoms with van der Waals surface area (Å²) >= 11 is 6.06. The van der Waals surface area contributed by atoms with Crippen LogP contribution in [0.15, 0.2) is 18.2 Å². The lowest BCUT2D eigenvalue weighted by molar-refractivity contribution is -0.274. The van der Waals surface area contributed by atoms with Gasteiger partial charge in [-0.05, 0) is 18.2 Å². The maximum absolute atomic E-state index is 12.3. The molecule has 0 saturated heterocycles. The van der Waals surface area contributed by atoms with Gasteiger partial charge in [0.2, 0.25) is 0 Å². The predicted octanol–water partition coefficient (Wildman–Crippen LogP) is 3.43. The number of nitrogens with zero attached hydrogens (tertiary/aromatic N) is 3. The van der Waals surface area contributed by atoms with Crippen LogP contribution in [-0.4, -0.2) is 21.5 Å². The number of alkyl halides is 3. The molecule has 22 heavy (non-hydrogen) atoms. The Kier molecular flexibility index (Phi) is 3.37. The van der Waals surface area contributed by atoms with Gasteiger partial charge in [-0.3, -0.25) is 5.10 Å². The molecule has 0 fully saturated rings. The molecule has 0 spiro atoms. The van der Waals surface area contributed by atoms with Crippen molar-refractivity contribution in [3.8, 4) is 23.2 Å². The highest BCUT2D eigenvalue weighted by atomic mass is 35.5. The molecule has 0 saturated carbocycles. The lowest BCUT2D eigenvalue weighted by Gasteiger charge is -2.11. The van der Waals surface area contributed by atoms with Gasteiger partial charge in [-0.2, -0.15) is 10.4 Å². The van der Waals surface area contributed by atoms with Crippen LogP contribution < -0.4 is 4.74 Å². The standard InChI is InChI=1S/C13H8ClF3N4O/c14-10-2-1-7(22-13(15,16)17)3-8(10)12-9-4-21(6-18)5-11(9)19-20-12/h1-3H,4-5H2,(H,19,20). The van der Waals surface area contributed by atoms with Crippen LogP contribution in [-0.2, 0) is 13.1 Å². The molecule has 0 amide bonds. The molecule has 0 unspecified atom stereocenters. The first-order valence-electron chi connectivity index (χ1n) is 6.14. The highest BCUT2D eigenvalue weighted by Gasteiger charge is 2.32. The quantitative estimate of drug-likeness (QED) is 0.858. The van der Waals surface area contributed by atoms with Gasteiger partial charge in [0.15, 0.2) is 6.19 Å². The van der Waals surface area contributed by atoms with Crippen molar-refractivity contribution in [2.45, 2.75) is 19.5 Å². The number of aromatic amines is 1. The molecule has 0 radical (unpaired) electrons. The molecule has 1 aromatic carbocycles. The summed E-state index contributed by atoms with van der Waals surface area (Å²) in [4.78, 5) is 1.50. The summed E-state index contributed by atoms with van der Waals surface area (Å²) in [6, 6.07) is 3.63. The van der Waals surface area contributed by atoms with Crippen molar-refractivity contribution in [3.05, 3.63) is 34.5 Å². The number of hydrogen-bond acceptors (Lipinski definition) is 4. The fourth-order valence-corrected chi connectivity index (χ4v) is 2.52. The molecule has 0 atom stereocenters. The highest BCUT2D eigenvalue weighted by molar-refractivity contribution is 6.33. The second kappa shape index (κ2) is 5.10. The topological polar surface area (TPSA) is 64.9 Å². The minimum Gasteiger partial charge on any atom is -0.406 e. The zero-order chi connectivity index (χ0) is 15.9. The van der Waals surface area contributed by atoms with E-state index >= 15 is 0 Å².